The van der Waals surface area contributed by atoms with E-state index in [0.29, 0.717) is 30.0 Å². The van der Waals surface area contributed by atoms with Crippen molar-refractivity contribution in [3.63, 3.8) is 0 Å². The molecule has 1 aromatic heterocycles. The summed E-state index contributed by atoms with van der Waals surface area (Å²) in [6, 6.07) is 1.40. The van der Waals surface area contributed by atoms with Crippen molar-refractivity contribution >= 4 is 11.9 Å². The van der Waals surface area contributed by atoms with E-state index >= 15 is 0 Å². The highest BCUT2D eigenvalue weighted by Gasteiger charge is 2.37. The average molecular weight is 278 g/mol. The molecule has 2 unspecified atom stereocenters. The third-order valence-electron chi connectivity index (χ3n) is 4.05. The zero-order valence-corrected chi connectivity index (χ0v) is 12.1. The van der Waals surface area contributed by atoms with Gasteiger partial charge in [-0.1, -0.05) is 0 Å². The van der Waals surface area contributed by atoms with Crippen LogP contribution in [0.1, 0.15) is 26.2 Å². The summed E-state index contributed by atoms with van der Waals surface area (Å²) in [5, 5.41) is 6.56. The highest BCUT2D eigenvalue weighted by Crippen LogP contribution is 2.29. The minimum absolute atomic E-state index is 0.347. The Morgan fingerprint density at radius 2 is 2.05 bits per heavy atom. The van der Waals surface area contributed by atoms with Gasteiger partial charge in [0.15, 0.2) is 0 Å². The fourth-order valence-corrected chi connectivity index (χ4v) is 3.17. The first-order valence-electron chi connectivity index (χ1n) is 7.34. The molecular weight excluding hydrogens is 256 g/mol. The number of rotatable bonds is 5. The molecule has 0 bridgehead atoms. The van der Waals surface area contributed by atoms with Crippen molar-refractivity contribution in [2.45, 2.75) is 38.3 Å². The molecule has 2 aliphatic rings. The standard InChI is InChI=1S/C13H22N6O/c1-3-14-11-16-12(18-13(17-11)20-2)15-9-6-8-19-7-4-5-10(9)19/h9-10H,3-8H2,1-2H3,(H2,14,15,16,17,18). The van der Waals surface area contributed by atoms with Gasteiger partial charge in [0, 0.05) is 25.2 Å². The Bertz CT molecular complexity index is 468. The molecule has 2 fully saturated rings. The molecule has 0 radical (unpaired) electrons. The molecule has 2 saturated heterocycles. The fourth-order valence-electron chi connectivity index (χ4n) is 3.17. The Morgan fingerprint density at radius 3 is 2.85 bits per heavy atom. The van der Waals surface area contributed by atoms with Crippen LogP contribution in [0.4, 0.5) is 11.9 Å². The Morgan fingerprint density at radius 1 is 1.20 bits per heavy atom. The second-order valence-corrected chi connectivity index (χ2v) is 5.28. The van der Waals surface area contributed by atoms with E-state index in [1.54, 1.807) is 7.11 Å². The van der Waals surface area contributed by atoms with Crippen LogP contribution < -0.4 is 15.4 Å². The maximum atomic E-state index is 5.14. The van der Waals surface area contributed by atoms with Crippen LogP contribution in [0.2, 0.25) is 0 Å². The monoisotopic (exact) mass is 278 g/mol. The lowest BCUT2D eigenvalue weighted by molar-refractivity contribution is 0.318. The average Bonchev–Trinajstić information content (AvgIpc) is 3.04. The predicted molar refractivity (Wildman–Crippen MR) is 77.2 cm³/mol. The molecule has 3 heterocycles. The minimum Gasteiger partial charge on any atom is -0.467 e. The lowest BCUT2D eigenvalue weighted by Crippen LogP contribution is -2.34. The molecular formula is C13H22N6O. The van der Waals surface area contributed by atoms with Gasteiger partial charge in [0.05, 0.1) is 7.11 Å². The molecule has 0 aromatic carbocycles. The lowest BCUT2D eigenvalue weighted by atomic mass is 10.1. The molecule has 3 rings (SSSR count). The van der Waals surface area contributed by atoms with Crippen LogP contribution in [0.3, 0.4) is 0 Å². The first-order chi connectivity index (χ1) is 9.80. The SMILES string of the molecule is CCNc1nc(NC2CCN3CCCC23)nc(OC)n1. The molecule has 2 aliphatic heterocycles. The molecule has 0 spiro atoms. The number of hydrogen-bond donors (Lipinski definition) is 2. The Balaban J connectivity index is 1.74. The van der Waals surface area contributed by atoms with Crippen molar-refractivity contribution in [3.05, 3.63) is 0 Å². The number of nitrogens with zero attached hydrogens (tertiary/aromatic N) is 4. The van der Waals surface area contributed by atoms with Gasteiger partial charge in [-0.25, -0.2) is 0 Å². The van der Waals surface area contributed by atoms with Crippen LogP contribution in [-0.2, 0) is 0 Å². The molecule has 7 nitrogen and oxygen atoms in total. The quantitative estimate of drug-likeness (QED) is 0.831. The number of aromatic nitrogens is 3. The molecule has 2 N–H and O–H groups in total. The third-order valence-corrected chi connectivity index (χ3v) is 4.05. The molecule has 0 saturated carbocycles. The topological polar surface area (TPSA) is 75.2 Å². The van der Waals surface area contributed by atoms with E-state index < -0.39 is 0 Å². The van der Waals surface area contributed by atoms with E-state index in [4.69, 9.17) is 4.74 Å². The van der Waals surface area contributed by atoms with Gasteiger partial charge in [-0.15, -0.1) is 0 Å². The normalized spacial score (nSPS) is 25.5. The largest absolute Gasteiger partial charge is 0.467 e. The molecule has 20 heavy (non-hydrogen) atoms. The van der Waals surface area contributed by atoms with Crippen LogP contribution in [0.15, 0.2) is 0 Å². The van der Waals surface area contributed by atoms with Crippen molar-refractivity contribution < 1.29 is 4.74 Å². The van der Waals surface area contributed by atoms with E-state index in [0.717, 1.165) is 13.0 Å². The summed E-state index contributed by atoms with van der Waals surface area (Å²) in [6.45, 7) is 5.18. The molecule has 0 aliphatic carbocycles. The number of ether oxygens (including phenoxy) is 1. The summed E-state index contributed by atoms with van der Waals surface area (Å²) in [4.78, 5) is 15.4. The maximum Gasteiger partial charge on any atom is 0.322 e. The molecule has 1 aromatic rings. The second kappa shape index (κ2) is 5.78. The van der Waals surface area contributed by atoms with Crippen LogP contribution in [0.5, 0.6) is 6.01 Å². The molecule has 110 valence electrons. The smallest absolute Gasteiger partial charge is 0.322 e. The number of fused-ring (bicyclic) bond motifs is 1. The maximum absolute atomic E-state index is 5.14. The van der Waals surface area contributed by atoms with E-state index in [1.807, 2.05) is 6.92 Å². The van der Waals surface area contributed by atoms with Gasteiger partial charge in [0.2, 0.25) is 11.9 Å². The number of hydrogen-bond acceptors (Lipinski definition) is 7. The summed E-state index contributed by atoms with van der Waals surface area (Å²) in [7, 11) is 1.57. The van der Waals surface area contributed by atoms with Crippen LogP contribution in [-0.4, -0.2) is 58.7 Å². The van der Waals surface area contributed by atoms with Crippen LogP contribution >= 0.6 is 0 Å². The van der Waals surface area contributed by atoms with Crippen molar-refractivity contribution in [2.75, 3.05) is 37.4 Å². The third kappa shape index (κ3) is 2.63. The highest BCUT2D eigenvalue weighted by molar-refractivity contribution is 5.37. The summed E-state index contributed by atoms with van der Waals surface area (Å²) in [6.07, 6.45) is 3.71. The van der Waals surface area contributed by atoms with Gasteiger partial charge < -0.3 is 15.4 Å². The summed E-state index contributed by atoms with van der Waals surface area (Å²) >= 11 is 0. The Hall–Kier alpha value is -1.63. The summed E-state index contributed by atoms with van der Waals surface area (Å²) < 4.78 is 5.14. The zero-order valence-electron chi connectivity index (χ0n) is 12.1. The predicted octanol–water partition coefficient (Wildman–Crippen LogP) is 0.961. The van der Waals surface area contributed by atoms with Gasteiger partial charge in [0.25, 0.3) is 0 Å². The minimum atomic E-state index is 0.347. The molecule has 0 amide bonds. The van der Waals surface area contributed by atoms with Gasteiger partial charge in [-0.05, 0) is 32.7 Å². The van der Waals surface area contributed by atoms with E-state index in [1.165, 1.54) is 25.9 Å². The number of methoxy groups -OCH3 is 1. The van der Waals surface area contributed by atoms with Gasteiger partial charge in [-0.2, -0.15) is 15.0 Å². The fraction of sp³-hybridized carbons (Fsp3) is 0.769. The molecule has 2 atom stereocenters. The van der Waals surface area contributed by atoms with Gasteiger partial charge in [-0.3, -0.25) is 4.90 Å². The summed E-state index contributed by atoms with van der Waals surface area (Å²) in [5.74, 6) is 1.16. The Labute approximate surface area is 119 Å². The zero-order chi connectivity index (χ0) is 13.9. The first-order valence-corrected chi connectivity index (χ1v) is 7.34. The lowest BCUT2D eigenvalue weighted by Gasteiger charge is -2.21. The van der Waals surface area contributed by atoms with E-state index in [9.17, 15) is 0 Å². The van der Waals surface area contributed by atoms with E-state index in [-0.39, 0.29) is 0 Å². The van der Waals surface area contributed by atoms with E-state index in [2.05, 4.69) is 30.5 Å². The van der Waals surface area contributed by atoms with Crippen molar-refractivity contribution in [2.24, 2.45) is 0 Å². The van der Waals surface area contributed by atoms with Crippen LogP contribution in [0, 0.1) is 0 Å². The number of nitrogens with one attached hydrogen (secondary N) is 2. The van der Waals surface area contributed by atoms with Crippen molar-refractivity contribution in [3.8, 4) is 6.01 Å². The summed E-state index contributed by atoms with van der Waals surface area (Å²) in [5.41, 5.74) is 0. The van der Waals surface area contributed by atoms with Gasteiger partial charge in [0.1, 0.15) is 0 Å². The van der Waals surface area contributed by atoms with Crippen molar-refractivity contribution in [1.29, 1.82) is 0 Å². The first kappa shape index (κ1) is 13.4. The van der Waals surface area contributed by atoms with Gasteiger partial charge >= 0.3 is 6.01 Å². The highest BCUT2D eigenvalue weighted by atomic mass is 16.5. The van der Waals surface area contributed by atoms with Crippen molar-refractivity contribution in [1.82, 2.24) is 19.9 Å². The molecule has 7 heteroatoms. The second-order valence-electron chi connectivity index (χ2n) is 5.28. The Kier molecular flexibility index (Phi) is 3.86. The van der Waals surface area contributed by atoms with Crippen LogP contribution in [0.25, 0.3) is 0 Å². The number of anilines is 2.